The van der Waals surface area contributed by atoms with Crippen LogP contribution in [0.2, 0.25) is 0 Å². The lowest BCUT2D eigenvalue weighted by atomic mass is 9.89. The minimum atomic E-state index is 0.858. The van der Waals surface area contributed by atoms with Crippen molar-refractivity contribution in [1.29, 1.82) is 0 Å². The zero-order valence-corrected chi connectivity index (χ0v) is 28.0. The Kier molecular flexibility index (Phi) is 6.25. The van der Waals surface area contributed by atoms with E-state index in [1.54, 1.807) is 0 Å². The standard InChI is InChI=1S/C49H29NO2/c1-2-11-32(12-3-1)49-40-29-45-48(38-17-6-9-20-43(38)52-45)46(47(40)37-16-4-7-18-41(37)50-49)31-23-21-30(22-24-31)33-13-10-14-34(27-33)35-25-26-44-39(28-35)36-15-5-8-19-42(36)51-44/h1-29H. The van der Waals surface area contributed by atoms with Crippen LogP contribution in [0.4, 0.5) is 0 Å². The molecule has 3 heterocycles. The number of hydrogen-bond donors (Lipinski definition) is 0. The Bertz CT molecular complexity index is 3170. The van der Waals surface area contributed by atoms with Crippen molar-refractivity contribution in [3.63, 3.8) is 0 Å². The number of hydrogen-bond acceptors (Lipinski definition) is 3. The lowest BCUT2D eigenvalue weighted by Crippen LogP contribution is -1.93. The van der Waals surface area contributed by atoms with Crippen molar-refractivity contribution in [2.24, 2.45) is 0 Å². The van der Waals surface area contributed by atoms with Gasteiger partial charge in [0, 0.05) is 48.8 Å². The molecule has 0 aliphatic rings. The molecular formula is C49H29NO2. The first-order valence-corrected chi connectivity index (χ1v) is 17.6. The van der Waals surface area contributed by atoms with E-state index in [1.165, 1.54) is 16.5 Å². The van der Waals surface area contributed by atoms with Gasteiger partial charge in [-0.1, -0.05) is 133 Å². The summed E-state index contributed by atoms with van der Waals surface area (Å²) in [6.07, 6.45) is 0. The summed E-state index contributed by atoms with van der Waals surface area (Å²) < 4.78 is 12.7. The van der Waals surface area contributed by atoms with Crippen LogP contribution in [0.5, 0.6) is 0 Å². The molecule has 0 aliphatic heterocycles. The van der Waals surface area contributed by atoms with Crippen LogP contribution < -0.4 is 0 Å². The predicted octanol–water partition coefficient (Wildman–Crippen LogP) is 13.9. The SMILES string of the molecule is c1ccc(-c2nc3ccccc3c3c(-c4ccc(-c5cccc(-c6ccc7oc8ccccc8c7c6)c5)cc4)c4c(cc23)oc2ccccc24)cc1. The Morgan fingerprint density at radius 3 is 1.71 bits per heavy atom. The minimum Gasteiger partial charge on any atom is -0.456 e. The molecule has 3 nitrogen and oxygen atoms in total. The van der Waals surface area contributed by atoms with Crippen LogP contribution in [0, 0.1) is 0 Å². The molecule has 0 saturated heterocycles. The highest BCUT2D eigenvalue weighted by Gasteiger charge is 2.21. The Morgan fingerprint density at radius 2 is 0.885 bits per heavy atom. The molecule has 242 valence electrons. The molecule has 0 radical (unpaired) electrons. The second kappa shape index (κ2) is 11.3. The average molecular weight is 664 g/mol. The highest BCUT2D eigenvalue weighted by Crippen LogP contribution is 2.46. The molecule has 3 heteroatoms. The van der Waals surface area contributed by atoms with E-state index in [-0.39, 0.29) is 0 Å². The van der Waals surface area contributed by atoms with E-state index in [1.807, 2.05) is 24.3 Å². The van der Waals surface area contributed by atoms with Crippen molar-refractivity contribution < 1.29 is 8.83 Å². The third-order valence-electron chi connectivity index (χ3n) is 10.5. The number of benzene rings is 8. The van der Waals surface area contributed by atoms with Crippen molar-refractivity contribution in [1.82, 2.24) is 4.98 Å². The van der Waals surface area contributed by atoms with Crippen molar-refractivity contribution in [3.05, 3.63) is 176 Å². The molecule has 8 aromatic carbocycles. The number of rotatable bonds is 4. The third kappa shape index (κ3) is 4.43. The Hall–Kier alpha value is -6.97. The van der Waals surface area contributed by atoms with Crippen molar-refractivity contribution in [2.75, 3.05) is 0 Å². The number of pyridine rings is 1. The largest absolute Gasteiger partial charge is 0.456 e. The maximum atomic E-state index is 6.59. The number of furan rings is 2. The third-order valence-corrected chi connectivity index (χ3v) is 10.5. The number of para-hydroxylation sites is 3. The molecule has 11 aromatic rings. The van der Waals surface area contributed by atoms with E-state index in [0.29, 0.717) is 0 Å². The molecular weight excluding hydrogens is 635 g/mol. The summed E-state index contributed by atoms with van der Waals surface area (Å²) in [4.78, 5) is 5.24. The maximum Gasteiger partial charge on any atom is 0.136 e. The van der Waals surface area contributed by atoms with E-state index >= 15 is 0 Å². The second-order valence-corrected chi connectivity index (χ2v) is 13.5. The van der Waals surface area contributed by atoms with Crippen LogP contribution in [-0.4, -0.2) is 4.98 Å². The summed E-state index contributed by atoms with van der Waals surface area (Å²) in [5.41, 5.74) is 13.5. The fourth-order valence-electron chi connectivity index (χ4n) is 8.03. The Balaban J connectivity index is 1.11. The molecule has 0 aliphatic carbocycles. The first-order chi connectivity index (χ1) is 25.8. The van der Waals surface area contributed by atoms with Crippen LogP contribution in [0.25, 0.3) is 110 Å². The van der Waals surface area contributed by atoms with Crippen LogP contribution in [0.3, 0.4) is 0 Å². The number of nitrogens with zero attached hydrogens (tertiary/aromatic N) is 1. The van der Waals surface area contributed by atoms with E-state index in [0.717, 1.165) is 93.7 Å². The molecule has 0 amide bonds. The maximum absolute atomic E-state index is 6.59. The van der Waals surface area contributed by atoms with Gasteiger partial charge in [-0.2, -0.15) is 0 Å². The molecule has 0 unspecified atom stereocenters. The fourth-order valence-corrected chi connectivity index (χ4v) is 8.03. The molecule has 52 heavy (non-hydrogen) atoms. The molecule has 0 bridgehead atoms. The van der Waals surface area contributed by atoms with Crippen LogP contribution in [0.15, 0.2) is 185 Å². The molecule has 0 N–H and O–H groups in total. The van der Waals surface area contributed by atoms with Gasteiger partial charge in [0.2, 0.25) is 0 Å². The van der Waals surface area contributed by atoms with Crippen LogP contribution in [-0.2, 0) is 0 Å². The van der Waals surface area contributed by atoms with Crippen molar-refractivity contribution in [2.45, 2.75) is 0 Å². The van der Waals surface area contributed by atoms with Gasteiger partial charge in [-0.3, -0.25) is 0 Å². The first kappa shape index (κ1) is 28.8. The Labute approximate surface area is 299 Å². The molecule has 0 atom stereocenters. The van der Waals surface area contributed by atoms with Gasteiger partial charge in [-0.05, 0) is 70.3 Å². The van der Waals surface area contributed by atoms with E-state index < -0.39 is 0 Å². The van der Waals surface area contributed by atoms with E-state index in [4.69, 9.17) is 13.8 Å². The Morgan fingerprint density at radius 1 is 0.308 bits per heavy atom. The summed E-state index contributed by atoms with van der Waals surface area (Å²) in [6.45, 7) is 0. The molecule has 11 rings (SSSR count). The van der Waals surface area contributed by atoms with Gasteiger partial charge >= 0.3 is 0 Å². The lowest BCUT2D eigenvalue weighted by molar-refractivity contribution is 0.669. The topological polar surface area (TPSA) is 39.2 Å². The summed E-state index contributed by atoms with van der Waals surface area (Å²) in [5.74, 6) is 0. The normalized spacial score (nSPS) is 11.8. The minimum absolute atomic E-state index is 0.858. The highest BCUT2D eigenvalue weighted by molar-refractivity contribution is 6.27. The van der Waals surface area contributed by atoms with Crippen molar-refractivity contribution >= 4 is 65.6 Å². The van der Waals surface area contributed by atoms with E-state index in [2.05, 4.69) is 152 Å². The van der Waals surface area contributed by atoms with Gasteiger partial charge in [0.05, 0.1) is 11.2 Å². The van der Waals surface area contributed by atoms with E-state index in [9.17, 15) is 0 Å². The first-order valence-electron chi connectivity index (χ1n) is 17.6. The summed E-state index contributed by atoms with van der Waals surface area (Å²) in [6, 6.07) is 62.0. The monoisotopic (exact) mass is 663 g/mol. The number of fused-ring (bicyclic) bond motifs is 9. The second-order valence-electron chi connectivity index (χ2n) is 13.5. The zero-order chi connectivity index (χ0) is 34.2. The zero-order valence-electron chi connectivity index (χ0n) is 28.0. The van der Waals surface area contributed by atoms with Gasteiger partial charge in [0.25, 0.3) is 0 Å². The smallest absolute Gasteiger partial charge is 0.136 e. The van der Waals surface area contributed by atoms with Gasteiger partial charge in [0.15, 0.2) is 0 Å². The molecule has 0 saturated carbocycles. The fraction of sp³-hybridized carbons (Fsp3) is 0. The van der Waals surface area contributed by atoms with Crippen LogP contribution >= 0.6 is 0 Å². The summed E-state index contributed by atoms with van der Waals surface area (Å²) >= 11 is 0. The van der Waals surface area contributed by atoms with Crippen LogP contribution in [0.1, 0.15) is 0 Å². The summed E-state index contributed by atoms with van der Waals surface area (Å²) in [7, 11) is 0. The molecule has 0 spiro atoms. The predicted molar refractivity (Wildman–Crippen MR) is 216 cm³/mol. The number of aromatic nitrogens is 1. The average Bonchev–Trinajstić information content (AvgIpc) is 3.78. The van der Waals surface area contributed by atoms with Gasteiger partial charge in [0.1, 0.15) is 22.3 Å². The summed E-state index contributed by atoms with van der Waals surface area (Å²) in [5, 5.41) is 7.88. The molecule has 0 fully saturated rings. The quantitative estimate of drug-likeness (QED) is 0.176. The lowest BCUT2D eigenvalue weighted by Gasteiger charge is -2.16. The molecule has 3 aromatic heterocycles. The van der Waals surface area contributed by atoms with Crippen molar-refractivity contribution in [3.8, 4) is 44.6 Å². The highest BCUT2D eigenvalue weighted by atomic mass is 16.3. The van der Waals surface area contributed by atoms with Gasteiger partial charge in [-0.25, -0.2) is 4.98 Å². The van der Waals surface area contributed by atoms with Gasteiger partial charge < -0.3 is 8.83 Å². The van der Waals surface area contributed by atoms with Gasteiger partial charge in [-0.15, -0.1) is 0 Å².